The van der Waals surface area contributed by atoms with E-state index in [9.17, 15) is 19.9 Å². The molecular formula is C7H15O7P. The lowest BCUT2D eigenvalue weighted by molar-refractivity contribution is -0.211. The van der Waals surface area contributed by atoms with Gasteiger partial charge in [-0.25, -0.2) is 0 Å². The van der Waals surface area contributed by atoms with Crippen molar-refractivity contribution >= 4 is 7.60 Å². The summed E-state index contributed by atoms with van der Waals surface area (Å²) in [5.41, 5.74) is 0. The van der Waals surface area contributed by atoms with Gasteiger partial charge in [0.2, 0.25) is 0 Å². The lowest BCUT2D eigenvalue weighted by Gasteiger charge is -2.39. The zero-order chi connectivity index (χ0) is 11.8. The average molecular weight is 242 g/mol. The Bertz CT molecular complexity index is 264. The van der Waals surface area contributed by atoms with Gasteiger partial charge in [0.05, 0.1) is 18.4 Å². The monoisotopic (exact) mass is 242 g/mol. The van der Waals surface area contributed by atoms with Crippen LogP contribution in [0.1, 0.15) is 6.92 Å². The van der Waals surface area contributed by atoms with Gasteiger partial charge < -0.3 is 29.8 Å². The van der Waals surface area contributed by atoms with Gasteiger partial charge in [0, 0.05) is 0 Å². The molecule has 5 N–H and O–H groups in total. The summed E-state index contributed by atoms with van der Waals surface area (Å²) in [6.45, 7) is 1.45. The summed E-state index contributed by atoms with van der Waals surface area (Å²) < 4.78 is 15.7. The topological polar surface area (TPSA) is 127 Å². The van der Waals surface area contributed by atoms with Gasteiger partial charge in [-0.3, -0.25) is 4.57 Å². The van der Waals surface area contributed by atoms with Crippen molar-refractivity contribution in [1.82, 2.24) is 0 Å². The van der Waals surface area contributed by atoms with E-state index in [2.05, 4.69) is 0 Å². The molecule has 1 fully saturated rings. The molecule has 1 heterocycles. The third-order valence-electron chi connectivity index (χ3n) is 2.37. The zero-order valence-corrected chi connectivity index (χ0v) is 8.99. The summed E-state index contributed by atoms with van der Waals surface area (Å²) >= 11 is 0. The summed E-state index contributed by atoms with van der Waals surface area (Å²) in [5, 5.41) is 28.1. The molecule has 8 heteroatoms. The lowest BCUT2D eigenvalue weighted by Crippen LogP contribution is -2.57. The van der Waals surface area contributed by atoms with E-state index in [0.717, 1.165) is 0 Å². The van der Waals surface area contributed by atoms with Crippen molar-refractivity contribution in [2.24, 2.45) is 0 Å². The summed E-state index contributed by atoms with van der Waals surface area (Å²) in [6.07, 6.45) is -6.83. The van der Waals surface area contributed by atoms with Crippen molar-refractivity contribution in [2.45, 2.75) is 37.4 Å². The van der Waals surface area contributed by atoms with Gasteiger partial charge in [0.1, 0.15) is 18.3 Å². The fraction of sp³-hybridized carbons (Fsp3) is 1.00. The SMILES string of the molecule is C[C@@H]1O[C@H](CP(=O)(O)O)[C@H](O)[C@H](O)[C@H]1O. The number of hydrogen-bond donors (Lipinski definition) is 5. The largest absolute Gasteiger partial charge is 0.388 e. The quantitative estimate of drug-likeness (QED) is 0.355. The molecule has 1 aliphatic heterocycles. The molecule has 90 valence electrons. The first-order chi connectivity index (χ1) is 6.72. The van der Waals surface area contributed by atoms with Crippen molar-refractivity contribution in [2.75, 3.05) is 6.16 Å². The molecule has 0 radical (unpaired) electrons. The second-order valence-corrected chi connectivity index (χ2v) is 5.39. The van der Waals surface area contributed by atoms with Crippen molar-refractivity contribution in [3.8, 4) is 0 Å². The van der Waals surface area contributed by atoms with Crippen LogP contribution in [0, 0.1) is 0 Å². The predicted molar refractivity (Wildman–Crippen MR) is 49.3 cm³/mol. The van der Waals surface area contributed by atoms with Crippen LogP contribution in [0.2, 0.25) is 0 Å². The summed E-state index contributed by atoms with van der Waals surface area (Å²) in [5.74, 6) is 0. The van der Waals surface area contributed by atoms with Gasteiger partial charge in [-0.05, 0) is 6.92 Å². The third-order valence-corrected chi connectivity index (χ3v) is 3.20. The van der Waals surface area contributed by atoms with Crippen LogP contribution in [0.4, 0.5) is 0 Å². The van der Waals surface area contributed by atoms with E-state index >= 15 is 0 Å². The van der Waals surface area contributed by atoms with Crippen LogP contribution >= 0.6 is 7.60 Å². The molecule has 0 aliphatic carbocycles. The second kappa shape index (κ2) is 4.47. The first-order valence-corrected chi connectivity index (χ1v) is 6.26. The Labute approximate surface area is 86.5 Å². The van der Waals surface area contributed by atoms with Crippen molar-refractivity contribution in [3.63, 3.8) is 0 Å². The predicted octanol–water partition coefficient (Wildman–Crippen LogP) is -1.97. The minimum absolute atomic E-state index is 0.678. The van der Waals surface area contributed by atoms with Crippen LogP contribution in [0.15, 0.2) is 0 Å². The van der Waals surface area contributed by atoms with Crippen molar-refractivity contribution < 1.29 is 34.4 Å². The van der Waals surface area contributed by atoms with Gasteiger partial charge in [0.15, 0.2) is 0 Å². The molecule has 0 aromatic heterocycles. The van der Waals surface area contributed by atoms with Crippen LogP contribution in [-0.2, 0) is 9.30 Å². The van der Waals surface area contributed by atoms with E-state index in [-0.39, 0.29) is 0 Å². The Kier molecular flexibility index (Phi) is 3.89. The Hall–Kier alpha value is -0.0100. The van der Waals surface area contributed by atoms with E-state index in [1.54, 1.807) is 0 Å². The van der Waals surface area contributed by atoms with Gasteiger partial charge in [0.25, 0.3) is 0 Å². The third kappa shape index (κ3) is 3.22. The standard InChI is InChI=1S/C7H15O7P/c1-3-5(8)7(10)6(9)4(14-3)2-15(11,12)13/h3-10H,2H2,1H3,(H2,11,12,13)/t3-,4+,5-,6-,7+/m0/s1. The molecule has 0 aromatic carbocycles. The molecule has 1 aliphatic rings. The number of rotatable bonds is 2. The number of hydrogen-bond acceptors (Lipinski definition) is 5. The molecule has 0 aromatic rings. The molecular weight excluding hydrogens is 227 g/mol. The van der Waals surface area contributed by atoms with Crippen molar-refractivity contribution in [3.05, 3.63) is 0 Å². The van der Waals surface area contributed by atoms with E-state index in [1.165, 1.54) is 6.92 Å². The summed E-state index contributed by atoms with van der Waals surface area (Å²) in [4.78, 5) is 17.4. The first-order valence-electron chi connectivity index (χ1n) is 4.46. The minimum atomic E-state index is -4.32. The zero-order valence-electron chi connectivity index (χ0n) is 8.09. The highest BCUT2D eigenvalue weighted by Crippen LogP contribution is 2.38. The lowest BCUT2D eigenvalue weighted by atomic mass is 9.96. The van der Waals surface area contributed by atoms with E-state index < -0.39 is 44.3 Å². The molecule has 0 spiro atoms. The second-order valence-electron chi connectivity index (χ2n) is 3.70. The van der Waals surface area contributed by atoms with Crippen LogP contribution in [-0.4, -0.2) is 61.8 Å². The van der Waals surface area contributed by atoms with Crippen LogP contribution in [0.3, 0.4) is 0 Å². The maximum absolute atomic E-state index is 10.7. The maximum Gasteiger partial charge on any atom is 0.328 e. The number of aliphatic hydroxyl groups excluding tert-OH is 3. The Balaban J connectivity index is 2.71. The van der Waals surface area contributed by atoms with Gasteiger partial charge in [-0.15, -0.1) is 0 Å². The summed E-state index contributed by atoms with van der Waals surface area (Å²) in [7, 11) is -4.32. The van der Waals surface area contributed by atoms with E-state index in [0.29, 0.717) is 0 Å². The number of ether oxygens (including phenoxy) is 1. The summed E-state index contributed by atoms with van der Waals surface area (Å²) in [6, 6.07) is 0. The molecule has 7 nitrogen and oxygen atoms in total. The fourth-order valence-corrected chi connectivity index (χ4v) is 2.29. The highest BCUT2D eigenvalue weighted by atomic mass is 31.2. The van der Waals surface area contributed by atoms with Gasteiger partial charge in [-0.2, -0.15) is 0 Å². The molecule has 1 rings (SSSR count). The average Bonchev–Trinajstić information content (AvgIpc) is 2.08. The first kappa shape index (κ1) is 13.1. The highest BCUT2D eigenvalue weighted by molar-refractivity contribution is 7.51. The van der Waals surface area contributed by atoms with Gasteiger partial charge in [-0.1, -0.05) is 0 Å². The smallest absolute Gasteiger partial charge is 0.328 e. The number of aliphatic hydroxyl groups is 3. The van der Waals surface area contributed by atoms with Gasteiger partial charge >= 0.3 is 7.60 Å². The Morgan fingerprint density at radius 2 is 1.67 bits per heavy atom. The van der Waals surface area contributed by atoms with Crippen LogP contribution in [0.5, 0.6) is 0 Å². The molecule has 0 saturated carbocycles. The molecule has 5 atom stereocenters. The Morgan fingerprint density at radius 1 is 1.13 bits per heavy atom. The highest BCUT2D eigenvalue weighted by Gasteiger charge is 2.43. The fourth-order valence-electron chi connectivity index (χ4n) is 1.52. The van der Waals surface area contributed by atoms with Crippen molar-refractivity contribution in [1.29, 1.82) is 0 Å². The molecule has 0 unspecified atom stereocenters. The van der Waals surface area contributed by atoms with E-state index in [1.807, 2.05) is 0 Å². The molecule has 0 amide bonds. The van der Waals surface area contributed by atoms with E-state index in [4.69, 9.17) is 14.5 Å². The maximum atomic E-state index is 10.7. The normalized spacial score (nSPS) is 42.9. The van der Waals surface area contributed by atoms with Crippen LogP contribution in [0.25, 0.3) is 0 Å². The molecule has 1 saturated heterocycles. The minimum Gasteiger partial charge on any atom is -0.388 e. The molecule has 15 heavy (non-hydrogen) atoms. The molecule has 0 bridgehead atoms. The Morgan fingerprint density at radius 3 is 2.13 bits per heavy atom. The van der Waals surface area contributed by atoms with Crippen LogP contribution < -0.4 is 0 Å².